The van der Waals surface area contributed by atoms with Gasteiger partial charge in [0.05, 0.1) is 0 Å². The van der Waals surface area contributed by atoms with Gasteiger partial charge in [0.15, 0.2) is 6.29 Å². The Morgan fingerprint density at radius 1 is 1.13 bits per heavy atom. The molecule has 2 aliphatic heterocycles. The third-order valence-electron chi connectivity index (χ3n) is 7.57. The van der Waals surface area contributed by atoms with E-state index in [1.807, 2.05) is 52.8 Å². The standard InChI is InChI=1S/C26H29ClN4O5.C5H12O2.C2H6/c1-26(2,7-8-32)17-10-18(27)12-19(11-17)29-25(36)28-13-15-3-4-20-16(9-15)14-31(24(20)35)21-5-6-22(33)30-23(21)34;1-4-5(6-2)7-3;1-2/h3-4,9-12,21,32H,5-8,13-14H2,1-2H3,(H2,28,29,36)(H,30,33,34);5H,4H2,1-3H3;1-2H3. The topological polar surface area (TPSA) is 146 Å². The van der Waals surface area contributed by atoms with Crippen LogP contribution in [0.5, 0.6) is 0 Å². The summed E-state index contributed by atoms with van der Waals surface area (Å²) in [5, 5.41) is 17.7. The second-order valence-corrected chi connectivity index (χ2v) is 11.5. The molecule has 11 nitrogen and oxygen atoms in total. The van der Waals surface area contributed by atoms with Gasteiger partial charge in [-0.15, -0.1) is 0 Å². The number of nitrogens with zero attached hydrogens (tertiary/aromatic N) is 1. The van der Waals surface area contributed by atoms with Crippen molar-refractivity contribution >= 4 is 41.0 Å². The van der Waals surface area contributed by atoms with Gasteiger partial charge in [0.1, 0.15) is 6.04 Å². The maximum absolute atomic E-state index is 12.8. The quantitative estimate of drug-likeness (QED) is 0.207. The SMILES string of the molecule is CC.CC(C)(CCO)c1cc(Cl)cc(NC(=O)NCc2ccc3c(c2)CN(C2CCC(=O)NC2=O)C3=O)c1.CCC(OC)OC. The summed E-state index contributed by atoms with van der Waals surface area (Å²) in [6.07, 6.45) is 1.96. The van der Waals surface area contributed by atoms with Gasteiger partial charge in [-0.1, -0.05) is 58.4 Å². The van der Waals surface area contributed by atoms with Crippen molar-refractivity contribution in [2.75, 3.05) is 26.1 Å². The van der Waals surface area contributed by atoms with Crippen LogP contribution < -0.4 is 16.0 Å². The van der Waals surface area contributed by atoms with E-state index in [0.29, 0.717) is 29.1 Å². The van der Waals surface area contributed by atoms with E-state index < -0.39 is 18.0 Å². The summed E-state index contributed by atoms with van der Waals surface area (Å²) in [7, 11) is 3.27. The van der Waals surface area contributed by atoms with Crippen LogP contribution in [0.3, 0.4) is 0 Å². The molecule has 0 aliphatic carbocycles. The van der Waals surface area contributed by atoms with E-state index in [2.05, 4.69) is 16.0 Å². The summed E-state index contributed by atoms with van der Waals surface area (Å²) in [5.74, 6) is -1.01. The first-order valence-corrected chi connectivity index (χ1v) is 15.6. The fraction of sp³-hybridized carbons (Fsp3) is 0.515. The van der Waals surface area contributed by atoms with E-state index in [4.69, 9.17) is 21.1 Å². The zero-order valence-corrected chi connectivity index (χ0v) is 28.0. The fourth-order valence-corrected chi connectivity index (χ4v) is 5.24. The van der Waals surface area contributed by atoms with Crippen LogP contribution in [-0.2, 0) is 37.6 Å². The van der Waals surface area contributed by atoms with E-state index in [1.165, 1.54) is 4.90 Å². The lowest BCUT2D eigenvalue weighted by Crippen LogP contribution is -2.52. The Kier molecular flexibility index (Phi) is 14.9. The average molecular weight is 647 g/mol. The number of piperidine rings is 1. The minimum Gasteiger partial charge on any atom is -0.396 e. The molecule has 1 atom stereocenters. The van der Waals surface area contributed by atoms with Gasteiger partial charge in [-0.2, -0.15) is 0 Å². The first-order chi connectivity index (χ1) is 21.4. The zero-order valence-electron chi connectivity index (χ0n) is 27.3. The van der Waals surface area contributed by atoms with Crippen LogP contribution in [0.25, 0.3) is 0 Å². The molecule has 1 unspecified atom stereocenters. The van der Waals surface area contributed by atoms with E-state index in [1.54, 1.807) is 32.4 Å². The van der Waals surface area contributed by atoms with E-state index in [0.717, 1.165) is 23.1 Å². The Morgan fingerprint density at radius 3 is 2.40 bits per heavy atom. The number of carbonyl (C=O) groups excluding carboxylic acids is 4. The van der Waals surface area contributed by atoms with Crippen molar-refractivity contribution in [2.45, 2.75) is 91.1 Å². The number of halogens is 1. The van der Waals surface area contributed by atoms with Gasteiger partial charge in [-0.05, 0) is 65.6 Å². The van der Waals surface area contributed by atoms with Gasteiger partial charge in [0.25, 0.3) is 5.91 Å². The van der Waals surface area contributed by atoms with Crippen LogP contribution in [0.15, 0.2) is 36.4 Å². The lowest BCUT2D eigenvalue weighted by molar-refractivity contribution is -0.136. The third-order valence-corrected chi connectivity index (χ3v) is 7.79. The maximum atomic E-state index is 12.8. The average Bonchev–Trinajstić information content (AvgIpc) is 3.33. The highest BCUT2D eigenvalue weighted by Crippen LogP contribution is 2.32. The molecule has 1 fully saturated rings. The number of hydrogen-bond acceptors (Lipinski definition) is 7. The van der Waals surface area contributed by atoms with Crippen molar-refractivity contribution in [1.29, 1.82) is 0 Å². The molecule has 5 amide bonds. The van der Waals surface area contributed by atoms with Crippen LogP contribution in [0.2, 0.25) is 5.02 Å². The number of imide groups is 1. The molecule has 0 radical (unpaired) electrons. The summed E-state index contributed by atoms with van der Waals surface area (Å²) >= 11 is 6.26. The number of ether oxygens (including phenoxy) is 2. The van der Waals surface area contributed by atoms with Crippen LogP contribution in [0.1, 0.15) is 87.4 Å². The number of aliphatic hydroxyl groups excluding tert-OH is 1. The zero-order chi connectivity index (χ0) is 33.7. The van der Waals surface area contributed by atoms with Crippen LogP contribution >= 0.6 is 11.6 Å². The van der Waals surface area contributed by atoms with Gasteiger partial charge in [-0.25, -0.2) is 4.79 Å². The highest BCUT2D eigenvalue weighted by molar-refractivity contribution is 6.31. The molecule has 2 aromatic carbocycles. The molecule has 2 heterocycles. The minimum absolute atomic E-state index is 0.0139. The normalized spacial score (nSPS) is 15.8. The van der Waals surface area contributed by atoms with Crippen molar-refractivity contribution in [3.8, 4) is 0 Å². The van der Waals surface area contributed by atoms with Crippen LogP contribution in [-0.4, -0.2) is 66.9 Å². The number of fused-ring (bicyclic) bond motifs is 1. The highest BCUT2D eigenvalue weighted by atomic mass is 35.5. The number of nitrogens with one attached hydrogen (secondary N) is 3. The van der Waals surface area contributed by atoms with Gasteiger partial charge >= 0.3 is 6.03 Å². The summed E-state index contributed by atoms with van der Waals surface area (Å²) < 4.78 is 9.65. The molecule has 2 aliphatic rings. The summed E-state index contributed by atoms with van der Waals surface area (Å²) in [4.78, 5) is 50.5. The van der Waals surface area contributed by atoms with Crippen molar-refractivity contribution in [2.24, 2.45) is 0 Å². The Hall–Kier alpha value is -3.51. The molecular formula is C33H47ClN4O7. The van der Waals surface area contributed by atoms with Crippen molar-refractivity contribution < 1.29 is 33.8 Å². The summed E-state index contributed by atoms with van der Waals surface area (Å²) in [5.41, 5.74) is 3.23. The summed E-state index contributed by atoms with van der Waals surface area (Å²) in [6, 6.07) is 9.55. The van der Waals surface area contributed by atoms with E-state index in [9.17, 15) is 24.3 Å². The maximum Gasteiger partial charge on any atom is 0.319 e. The van der Waals surface area contributed by atoms with Gasteiger partial charge < -0.3 is 30.1 Å². The Balaban J connectivity index is 0.000000692. The van der Waals surface area contributed by atoms with Gasteiger partial charge in [0, 0.05) is 56.6 Å². The Labute approximate surface area is 271 Å². The number of carbonyl (C=O) groups is 4. The number of hydrogen-bond donors (Lipinski definition) is 4. The van der Waals surface area contributed by atoms with Crippen molar-refractivity contribution in [3.05, 3.63) is 63.7 Å². The Bertz CT molecular complexity index is 1320. The second kappa shape index (κ2) is 17.8. The predicted molar refractivity (Wildman–Crippen MR) is 174 cm³/mol. The second-order valence-electron chi connectivity index (χ2n) is 11.1. The lowest BCUT2D eigenvalue weighted by Gasteiger charge is -2.29. The Morgan fingerprint density at radius 2 is 1.82 bits per heavy atom. The number of aliphatic hydroxyl groups is 1. The fourth-order valence-electron chi connectivity index (χ4n) is 5.00. The monoisotopic (exact) mass is 646 g/mol. The third kappa shape index (κ3) is 10.5. The molecule has 0 aromatic heterocycles. The van der Waals surface area contributed by atoms with Crippen LogP contribution in [0, 0.1) is 0 Å². The highest BCUT2D eigenvalue weighted by Gasteiger charge is 2.39. The molecular weight excluding hydrogens is 600 g/mol. The predicted octanol–water partition coefficient (Wildman–Crippen LogP) is 5.12. The lowest BCUT2D eigenvalue weighted by atomic mass is 9.82. The van der Waals surface area contributed by atoms with Gasteiger partial charge in [0.2, 0.25) is 11.8 Å². The minimum atomic E-state index is -0.667. The molecule has 4 rings (SSSR count). The number of methoxy groups -OCH3 is 2. The molecule has 0 saturated carbocycles. The molecule has 1 saturated heterocycles. The first-order valence-electron chi connectivity index (χ1n) is 15.2. The number of anilines is 1. The van der Waals surface area contributed by atoms with Crippen molar-refractivity contribution in [1.82, 2.24) is 15.5 Å². The molecule has 0 spiro atoms. The van der Waals surface area contributed by atoms with Crippen molar-refractivity contribution in [3.63, 3.8) is 0 Å². The van der Waals surface area contributed by atoms with E-state index >= 15 is 0 Å². The summed E-state index contributed by atoms with van der Waals surface area (Å²) in [6.45, 7) is 10.6. The molecule has 45 heavy (non-hydrogen) atoms. The number of urea groups is 1. The van der Waals surface area contributed by atoms with Crippen LogP contribution in [0.4, 0.5) is 10.5 Å². The first kappa shape index (κ1) is 37.7. The molecule has 4 N–H and O–H groups in total. The van der Waals surface area contributed by atoms with Gasteiger partial charge in [-0.3, -0.25) is 19.7 Å². The number of rotatable bonds is 10. The molecule has 2 aromatic rings. The number of amides is 5. The molecule has 0 bridgehead atoms. The van der Waals surface area contributed by atoms with E-state index in [-0.39, 0.29) is 49.6 Å². The largest absolute Gasteiger partial charge is 0.396 e. The smallest absolute Gasteiger partial charge is 0.319 e. The number of benzene rings is 2. The molecule has 12 heteroatoms. The molecule has 248 valence electrons.